The van der Waals surface area contributed by atoms with Crippen molar-refractivity contribution >= 4 is 17.5 Å². The van der Waals surface area contributed by atoms with E-state index in [-0.39, 0.29) is 5.97 Å². The molecule has 0 aromatic carbocycles. The van der Waals surface area contributed by atoms with E-state index >= 15 is 0 Å². The Bertz CT molecular complexity index is 476. The first-order chi connectivity index (χ1) is 9.04. The largest absolute Gasteiger partial charge is 0.465 e. The summed E-state index contributed by atoms with van der Waals surface area (Å²) in [5, 5.41) is 0. The lowest BCUT2D eigenvalue weighted by molar-refractivity contribution is 0.0601. The van der Waals surface area contributed by atoms with Gasteiger partial charge in [-0.3, -0.25) is 0 Å². The van der Waals surface area contributed by atoms with Crippen LogP contribution in [-0.2, 0) is 4.74 Å². The quantitative estimate of drug-likeness (QED) is 0.827. The molecule has 0 saturated carbocycles. The lowest BCUT2D eigenvalue weighted by Crippen LogP contribution is -2.43. The van der Waals surface area contributed by atoms with Crippen molar-refractivity contribution in [1.29, 1.82) is 0 Å². The summed E-state index contributed by atoms with van der Waals surface area (Å²) in [5.41, 5.74) is 6.99. The molecule has 1 aromatic rings. The zero-order chi connectivity index (χ0) is 14.0. The third-order valence-corrected chi connectivity index (χ3v) is 3.99. The molecule has 2 N–H and O–H groups in total. The molecule has 1 fully saturated rings. The monoisotopic (exact) mass is 263 g/mol. The Kier molecular flexibility index (Phi) is 3.93. The van der Waals surface area contributed by atoms with E-state index in [0.29, 0.717) is 23.3 Å². The zero-order valence-corrected chi connectivity index (χ0v) is 11.7. The molecule has 1 aromatic heterocycles. The molecule has 104 valence electrons. The molecule has 5 nitrogen and oxygen atoms in total. The van der Waals surface area contributed by atoms with Crippen LogP contribution in [0.5, 0.6) is 0 Å². The molecule has 19 heavy (non-hydrogen) atoms. The van der Waals surface area contributed by atoms with Gasteiger partial charge < -0.3 is 15.4 Å². The lowest BCUT2D eigenvalue weighted by atomic mass is 9.91. The van der Waals surface area contributed by atoms with Gasteiger partial charge >= 0.3 is 5.97 Å². The Labute approximate surface area is 113 Å². The van der Waals surface area contributed by atoms with Crippen molar-refractivity contribution in [2.24, 2.45) is 5.92 Å². The SMILES string of the molecule is COC(=O)c1cc(N)ncc1N1CCCC(C)C1C. The van der Waals surface area contributed by atoms with Crippen LogP contribution in [0.15, 0.2) is 12.3 Å². The van der Waals surface area contributed by atoms with Crippen molar-refractivity contribution in [1.82, 2.24) is 4.98 Å². The molecule has 2 heterocycles. The summed E-state index contributed by atoms with van der Waals surface area (Å²) in [6, 6.07) is 1.97. The minimum Gasteiger partial charge on any atom is -0.465 e. The summed E-state index contributed by atoms with van der Waals surface area (Å²) in [4.78, 5) is 18.2. The van der Waals surface area contributed by atoms with Gasteiger partial charge in [-0.05, 0) is 31.7 Å². The first-order valence-electron chi connectivity index (χ1n) is 6.65. The number of hydrogen-bond acceptors (Lipinski definition) is 5. The molecular weight excluding hydrogens is 242 g/mol. The van der Waals surface area contributed by atoms with Crippen LogP contribution in [0.2, 0.25) is 0 Å². The summed E-state index contributed by atoms with van der Waals surface area (Å²) < 4.78 is 4.84. The summed E-state index contributed by atoms with van der Waals surface area (Å²) in [5.74, 6) is 0.563. The zero-order valence-electron chi connectivity index (χ0n) is 11.7. The van der Waals surface area contributed by atoms with E-state index in [1.165, 1.54) is 13.5 Å². The van der Waals surface area contributed by atoms with E-state index in [2.05, 4.69) is 23.7 Å². The number of aromatic nitrogens is 1. The number of esters is 1. The third-order valence-electron chi connectivity index (χ3n) is 3.99. The van der Waals surface area contributed by atoms with E-state index in [9.17, 15) is 4.79 Å². The number of piperidine rings is 1. The van der Waals surface area contributed by atoms with Gasteiger partial charge in [-0.25, -0.2) is 9.78 Å². The van der Waals surface area contributed by atoms with Crippen LogP contribution in [0.1, 0.15) is 37.0 Å². The number of pyridine rings is 1. The third kappa shape index (κ3) is 2.64. The Morgan fingerprint density at radius 3 is 2.95 bits per heavy atom. The second kappa shape index (κ2) is 5.47. The first kappa shape index (κ1) is 13.6. The van der Waals surface area contributed by atoms with Gasteiger partial charge in [-0.1, -0.05) is 6.92 Å². The predicted molar refractivity (Wildman–Crippen MR) is 75.2 cm³/mol. The minimum atomic E-state index is -0.366. The lowest BCUT2D eigenvalue weighted by Gasteiger charge is -2.40. The van der Waals surface area contributed by atoms with Gasteiger partial charge in [0.2, 0.25) is 0 Å². The van der Waals surface area contributed by atoms with Crippen molar-refractivity contribution in [2.75, 3.05) is 24.3 Å². The maximum atomic E-state index is 11.9. The highest BCUT2D eigenvalue weighted by atomic mass is 16.5. The summed E-state index contributed by atoms with van der Waals surface area (Å²) in [6.45, 7) is 5.35. The Morgan fingerprint density at radius 2 is 2.26 bits per heavy atom. The van der Waals surface area contributed by atoms with Crippen molar-refractivity contribution in [2.45, 2.75) is 32.7 Å². The number of ether oxygens (including phenoxy) is 1. The molecule has 0 bridgehead atoms. The van der Waals surface area contributed by atoms with E-state index < -0.39 is 0 Å². The van der Waals surface area contributed by atoms with Gasteiger partial charge in [-0.15, -0.1) is 0 Å². The maximum absolute atomic E-state index is 11.9. The number of methoxy groups -OCH3 is 1. The second-order valence-corrected chi connectivity index (χ2v) is 5.17. The van der Waals surface area contributed by atoms with Crippen LogP contribution in [0, 0.1) is 5.92 Å². The number of carbonyl (C=O) groups is 1. The summed E-state index contributed by atoms with van der Waals surface area (Å²) >= 11 is 0. The van der Waals surface area contributed by atoms with Crippen LogP contribution < -0.4 is 10.6 Å². The number of nitrogen functional groups attached to an aromatic ring is 1. The highest BCUT2D eigenvalue weighted by Gasteiger charge is 2.28. The van der Waals surface area contributed by atoms with Crippen LogP contribution in [0.3, 0.4) is 0 Å². The van der Waals surface area contributed by atoms with E-state index in [0.717, 1.165) is 18.7 Å². The molecule has 0 aliphatic carbocycles. The van der Waals surface area contributed by atoms with E-state index in [1.54, 1.807) is 12.3 Å². The molecule has 2 atom stereocenters. The average molecular weight is 263 g/mol. The Balaban J connectivity index is 2.40. The molecule has 1 saturated heterocycles. The van der Waals surface area contributed by atoms with Gasteiger partial charge in [0.05, 0.1) is 24.6 Å². The van der Waals surface area contributed by atoms with E-state index in [1.807, 2.05) is 0 Å². The van der Waals surface area contributed by atoms with Crippen LogP contribution in [0.4, 0.5) is 11.5 Å². The summed E-state index contributed by atoms with van der Waals surface area (Å²) in [6.07, 6.45) is 4.01. The van der Waals surface area contributed by atoms with Crippen LogP contribution in [-0.4, -0.2) is 30.6 Å². The van der Waals surface area contributed by atoms with Crippen molar-refractivity contribution in [3.63, 3.8) is 0 Å². The number of hydrogen-bond donors (Lipinski definition) is 1. The fourth-order valence-electron chi connectivity index (χ4n) is 2.64. The van der Waals surface area contributed by atoms with E-state index in [4.69, 9.17) is 10.5 Å². The fourth-order valence-corrected chi connectivity index (χ4v) is 2.64. The topological polar surface area (TPSA) is 68.5 Å². The standard InChI is InChI=1S/C14H21N3O2/c1-9-5-4-6-17(10(9)2)12-8-16-13(15)7-11(12)14(18)19-3/h7-10H,4-6H2,1-3H3,(H2,15,16). The minimum absolute atomic E-state index is 0.335. The number of anilines is 2. The Hall–Kier alpha value is -1.78. The molecule has 0 radical (unpaired) electrons. The highest BCUT2D eigenvalue weighted by Crippen LogP contribution is 2.31. The van der Waals surface area contributed by atoms with Gasteiger partial charge in [-0.2, -0.15) is 0 Å². The molecule has 5 heteroatoms. The Morgan fingerprint density at radius 1 is 1.53 bits per heavy atom. The van der Waals surface area contributed by atoms with Crippen LogP contribution >= 0.6 is 0 Å². The smallest absolute Gasteiger partial charge is 0.340 e. The molecule has 0 spiro atoms. The molecule has 2 rings (SSSR count). The number of rotatable bonds is 2. The van der Waals surface area contributed by atoms with Crippen molar-refractivity contribution in [3.8, 4) is 0 Å². The molecule has 0 amide bonds. The number of nitrogens with zero attached hydrogens (tertiary/aromatic N) is 2. The predicted octanol–water partition coefficient (Wildman–Crippen LogP) is 2.08. The number of nitrogens with two attached hydrogens (primary N) is 1. The van der Waals surface area contributed by atoms with Gasteiger partial charge in [0.15, 0.2) is 0 Å². The molecular formula is C14H21N3O2. The molecule has 1 aliphatic heterocycles. The number of carbonyl (C=O) groups excluding carboxylic acids is 1. The van der Waals surface area contributed by atoms with Crippen molar-refractivity contribution < 1.29 is 9.53 Å². The van der Waals surface area contributed by atoms with Gasteiger partial charge in [0.25, 0.3) is 0 Å². The van der Waals surface area contributed by atoms with Crippen LogP contribution in [0.25, 0.3) is 0 Å². The summed E-state index contributed by atoms with van der Waals surface area (Å²) in [7, 11) is 1.38. The molecule has 2 unspecified atom stereocenters. The van der Waals surface area contributed by atoms with Gasteiger partial charge in [0.1, 0.15) is 5.82 Å². The van der Waals surface area contributed by atoms with Gasteiger partial charge in [0, 0.05) is 12.6 Å². The van der Waals surface area contributed by atoms with Crippen molar-refractivity contribution in [3.05, 3.63) is 17.8 Å². The average Bonchev–Trinajstić information content (AvgIpc) is 2.41. The molecule has 1 aliphatic rings. The highest BCUT2D eigenvalue weighted by molar-refractivity contribution is 5.96. The fraction of sp³-hybridized carbons (Fsp3) is 0.571. The first-order valence-corrected chi connectivity index (χ1v) is 6.65. The normalized spacial score (nSPS) is 23.2. The maximum Gasteiger partial charge on any atom is 0.340 e. The second-order valence-electron chi connectivity index (χ2n) is 5.17.